The lowest BCUT2D eigenvalue weighted by Crippen LogP contribution is -2.36. The van der Waals surface area contributed by atoms with Gasteiger partial charge in [-0.25, -0.2) is 0 Å². The van der Waals surface area contributed by atoms with Crippen molar-refractivity contribution < 1.29 is 9.53 Å². The molecule has 0 aromatic heterocycles. The first-order valence-electron chi connectivity index (χ1n) is 6.74. The Labute approximate surface area is 109 Å². The van der Waals surface area contributed by atoms with Crippen LogP contribution < -0.4 is 5.32 Å². The average molecular weight is 247 g/mol. The molecule has 0 heterocycles. The Kier molecular flexibility index (Phi) is 4.62. The maximum absolute atomic E-state index is 11.2. The molecule has 0 aliphatic heterocycles. The van der Waals surface area contributed by atoms with Gasteiger partial charge in [0.2, 0.25) is 0 Å². The van der Waals surface area contributed by atoms with E-state index in [9.17, 15) is 4.79 Å². The number of hydrogen-bond donors (Lipinski definition) is 1. The number of carbonyl (C=O) groups excluding carboxylic acids is 1. The van der Waals surface area contributed by atoms with Crippen LogP contribution in [0.25, 0.3) is 0 Å². The fourth-order valence-corrected chi connectivity index (χ4v) is 2.54. The van der Waals surface area contributed by atoms with Crippen molar-refractivity contribution in [2.24, 2.45) is 0 Å². The number of esters is 1. The van der Waals surface area contributed by atoms with Gasteiger partial charge in [0.15, 0.2) is 0 Å². The number of benzene rings is 1. The van der Waals surface area contributed by atoms with Crippen molar-refractivity contribution in [2.75, 3.05) is 5.32 Å². The zero-order valence-electron chi connectivity index (χ0n) is 10.9. The van der Waals surface area contributed by atoms with Crippen molar-refractivity contribution in [2.45, 2.75) is 51.2 Å². The first kappa shape index (κ1) is 12.9. The fourth-order valence-electron chi connectivity index (χ4n) is 2.54. The van der Waals surface area contributed by atoms with E-state index in [0.717, 1.165) is 24.9 Å². The van der Waals surface area contributed by atoms with E-state index in [0.29, 0.717) is 0 Å². The average Bonchev–Trinajstić information content (AvgIpc) is 2.56. The number of para-hydroxylation sites is 1. The van der Waals surface area contributed by atoms with Crippen LogP contribution in [-0.2, 0) is 9.53 Å². The molecule has 1 aliphatic carbocycles. The summed E-state index contributed by atoms with van der Waals surface area (Å²) in [6.07, 6.45) is 5.60. The minimum Gasteiger partial charge on any atom is -0.460 e. The number of hydrogen-bond acceptors (Lipinski definition) is 3. The minimum absolute atomic E-state index is 0.00482. The van der Waals surface area contributed by atoms with Crippen LogP contribution in [0.1, 0.15) is 39.0 Å². The van der Waals surface area contributed by atoms with Gasteiger partial charge in [0.1, 0.15) is 6.10 Å². The maximum Gasteiger partial charge on any atom is 0.302 e. The molecule has 2 atom stereocenters. The molecular weight excluding hydrogens is 226 g/mol. The SMILES string of the molecule is CC(=O)O[C@H]1CCCCC[C@@H]1Nc1ccccc1. The minimum atomic E-state index is -0.179. The monoisotopic (exact) mass is 247 g/mol. The Hall–Kier alpha value is -1.51. The highest BCUT2D eigenvalue weighted by Crippen LogP contribution is 2.24. The molecule has 3 nitrogen and oxygen atoms in total. The molecule has 0 unspecified atom stereocenters. The number of anilines is 1. The van der Waals surface area contributed by atoms with Gasteiger partial charge < -0.3 is 10.1 Å². The smallest absolute Gasteiger partial charge is 0.302 e. The highest BCUT2D eigenvalue weighted by molar-refractivity contribution is 5.66. The number of carbonyl (C=O) groups is 1. The third-order valence-corrected chi connectivity index (χ3v) is 3.40. The Bertz CT molecular complexity index is 377. The van der Waals surface area contributed by atoms with Crippen LogP contribution >= 0.6 is 0 Å². The van der Waals surface area contributed by atoms with Gasteiger partial charge in [-0.2, -0.15) is 0 Å². The van der Waals surface area contributed by atoms with Crippen LogP contribution in [0.5, 0.6) is 0 Å². The first-order valence-corrected chi connectivity index (χ1v) is 6.74. The van der Waals surface area contributed by atoms with Gasteiger partial charge in [-0.3, -0.25) is 4.79 Å². The molecular formula is C15H21NO2. The van der Waals surface area contributed by atoms with Crippen molar-refractivity contribution in [3.05, 3.63) is 30.3 Å². The summed E-state index contributed by atoms with van der Waals surface area (Å²) in [6.45, 7) is 1.49. The van der Waals surface area contributed by atoms with E-state index in [4.69, 9.17) is 4.74 Å². The van der Waals surface area contributed by atoms with E-state index in [1.807, 2.05) is 18.2 Å². The molecule has 98 valence electrons. The molecule has 1 fully saturated rings. The van der Waals surface area contributed by atoms with Gasteiger partial charge in [-0.05, 0) is 31.4 Å². The predicted molar refractivity (Wildman–Crippen MR) is 72.5 cm³/mol. The van der Waals surface area contributed by atoms with Crippen molar-refractivity contribution in [1.29, 1.82) is 0 Å². The third-order valence-electron chi connectivity index (χ3n) is 3.40. The Balaban J connectivity index is 2.03. The van der Waals surface area contributed by atoms with E-state index in [1.54, 1.807) is 0 Å². The zero-order chi connectivity index (χ0) is 12.8. The second-order valence-corrected chi connectivity index (χ2v) is 4.90. The molecule has 1 aromatic rings. The maximum atomic E-state index is 11.2. The molecule has 0 saturated heterocycles. The molecule has 1 aromatic carbocycles. The summed E-state index contributed by atoms with van der Waals surface area (Å²) in [5.41, 5.74) is 1.10. The van der Waals surface area contributed by atoms with Gasteiger partial charge >= 0.3 is 5.97 Å². The van der Waals surface area contributed by atoms with Gasteiger partial charge in [0.05, 0.1) is 6.04 Å². The lowest BCUT2D eigenvalue weighted by atomic mass is 10.1. The van der Waals surface area contributed by atoms with E-state index in [-0.39, 0.29) is 18.1 Å². The molecule has 1 aliphatic rings. The third kappa shape index (κ3) is 3.76. The van der Waals surface area contributed by atoms with Gasteiger partial charge in [-0.15, -0.1) is 0 Å². The second-order valence-electron chi connectivity index (χ2n) is 4.90. The Morgan fingerprint density at radius 2 is 1.89 bits per heavy atom. The van der Waals surface area contributed by atoms with E-state index < -0.39 is 0 Å². The van der Waals surface area contributed by atoms with Crippen molar-refractivity contribution >= 4 is 11.7 Å². The lowest BCUT2D eigenvalue weighted by molar-refractivity contribution is -0.147. The summed E-state index contributed by atoms with van der Waals surface area (Å²) in [7, 11) is 0. The van der Waals surface area contributed by atoms with Crippen LogP contribution in [0.2, 0.25) is 0 Å². The summed E-state index contributed by atoms with van der Waals surface area (Å²) >= 11 is 0. The topological polar surface area (TPSA) is 38.3 Å². The number of ether oxygens (including phenoxy) is 1. The molecule has 2 rings (SSSR count). The van der Waals surface area contributed by atoms with Crippen molar-refractivity contribution in [1.82, 2.24) is 0 Å². The summed E-state index contributed by atoms with van der Waals surface area (Å²) in [5, 5.41) is 3.50. The summed E-state index contributed by atoms with van der Waals surface area (Å²) in [6, 6.07) is 10.4. The first-order chi connectivity index (χ1) is 8.75. The molecule has 1 N–H and O–H groups in total. The lowest BCUT2D eigenvalue weighted by Gasteiger charge is -2.26. The van der Waals surface area contributed by atoms with Crippen molar-refractivity contribution in [3.63, 3.8) is 0 Å². The largest absolute Gasteiger partial charge is 0.460 e. The Morgan fingerprint density at radius 1 is 1.17 bits per heavy atom. The van der Waals surface area contributed by atoms with Crippen LogP contribution in [0.4, 0.5) is 5.69 Å². The van der Waals surface area contributed by atoms with Crippen molar-refractivity contribution in [3.8, 4) is 0 Å². The molecule has 0 amide bonds. The summed E-state index contributed by atoms with van der Waals surface area (Å²) in [4.78, 5) is 11.2. The Morgan fingerprint density at radius 3 is 2.61 bits per heavy atom. The van der Waals surface area contributed by atoms with E-state index >= 15 is 0 Å². The van der Waals surface area contributed by atoms with E-state index in [2.05, 4.69) is 17.4 Å². The van der Waals surface area contributed by atoms with E-state index in [1.165, 1.54) is 19.8 Å². The van der Waals surface area contributed by atoms with Crippen LogP contribution in [0, 0.1) is 0 Å². The van der Waals surface area contributed by atoms with Gasteiger partial charge in [0, 0.05) is 12.6 Å². The predicted octanol–water partition coefficient (Wildman–Crippen LogP) is 3.36. The quantitative estimate of drug-likeness (QED) is 0.657. The highest BCUT2D eigenvalue weighted by atomic mass is 16.5. The fraction of sp³-hybridized carbons (Fsp3) is 0.533. The summed E-state index contributed by atoms with van der Waals surface area (Å²) < 4.78 is 5.45. The standard InChI is InChI=1S/C15H21NO2/c1-12(17)18-15-11-7-3-6-10-14(15)16-13-8-4-2-5-9-13/h2,4-5,8-9,14-16H,3,6-7,10-11H2,1H3/t14-,15-/m0/s1. The molecule has 0 spiro atoms. The number of nitrogens with one attached hydrogen (secondary N) is 1. The molecule has 0 radical (unpaired) electrons. The summed E-state index contributed by atoms with van der Waals surface area (Å²) in [5.74, 6) is -0.179. The van der Waals surface area contributed by atoms with Crippen LogP contribution in [0.15, 0.2) is 30.3 Å². The van der Waals surface area contributed by atoms with Gasteiger partial charge in [-0.1, -0.05) is 31.0 Å². The molecule has 3 heteroatoms. The molecule has 0 bridgehead atoms. The molecule has 1 saturated carbocycles. The highest BCUT2D eigenvalue weighted by Gasteiger charge is 2.25. The van der Waals surface area contributed by atoms with Gasteiger partial charge in [0.25, 0.3) is 0 Å². The normalized spacial score (nSPS) is 24.1. The molecule has 18 heavy (non-hydrogen) atoms. The van der Waals surface area contributed by atoms with Crippen LogP contribution in [0.3, 0.4) is 0 Å². The number of rotatable bonds is 3. The second kappa shape index (κ2) is 6.43. The van der Waals surface area contributed by atoms with Crippen LogP contribution in [-0.4, -0.2) is 18.1 Å². The zero-order valence-corrected chi connectivity index (χ0v) is 10.9.